The molecule has 0 bridgehead atoms. The van der Waals surface area contributed by atoms with Crippen LogP contribution in [0, 0.1) is 0 Å². The van der Waals surface area contributed by atoms with Crippen LogP contribution in [0.15, 0.2) is 22.5 Å². The third-order valence-corrected chi connectivity index (χ3v) is 6.91. The lowest BCUT2D eigenvalue weighted by Gasteiger charge is -2.36. The molecular weight excluding hydrogens is 368 g/mol. The standard InChI is InChI=1S/C21H38N6S/c1-4-22-21(23-16-18(2)26-13-11-25(3)12-14-26)24-17-19(20-8-7-15-28-20)27-9-5-6-10-27/h7-8,15,18-19H,4-6,9-14,16-17H2,1-3H3,(H2,22,23,24). The minimum Gasteiger partial charge on any atom is -0.357 e. The zero-order chi connectivity index (χ0) is 19.8. The van der Waals surface area contributed by atoms with Gasteiger partial charge in [0, 0.05) is 50.2 Å². The lowest BCUT2D eigenvalue weighted by Crippen LogP contribution is -2.49. The van der Waals surface area contributed by atoms with Crippen LogP contribution in [0.4, 0.5) is 0 Å². The SMILES string of the molecule is CCNC(=NCC(C)N1CCN(C)CC1)NCC(c1cccs1)N1CCCC1. The Morgan fingerprint density at radius 2 is 1.86 bits per heavy atom. The largest absolute Gasteiger partial charge is 0.357 e. The van der Waals surface area contributed by atoms with Gasteiger partial charge in [-0.1, -0.05) is 6.07 Å². The van der Waals surface area contributed by atoms with E-state index in [4.69, 9.17) is 4.99 Å². The van der Waals surface area contributed by atoms with Crippen LogP contribution >= 0.6 is 11.3 Å². The number of piperazine rings is 1. The molecule has 0 aromatic carbocycles. The van der Waals surface area contributed by atoms with Crippen LogP contribution in [-0.4, -0.2) is 92.7 Å². The van der Waals surface area contributed by atoms with Crippen molar-refractivity contribution in [2.75, 3.05) is 66.0 Å². The molecule has 0 saturated carbocycles. The Morgan fingerprint density at radius 3 is 2.50 bits per heavy atom. The van der Waals surface area contributed by atoms with E-state index in [1.54, 1.807) is 0 Å². The summed E-state index contributed by atoms with van der Waals surface area (Å²) in [7, 11) is 2.21. The Balaban J connectivity index is 1.55. The predicted octanol–water partition coefficient (Wildman–Crippen LogP) is 2.08. The first-order valence-corrected chi connectivity index (χ1v) is 11.8. The second-order valence-corrected chi connectivity index (χ2v) is 9.04. The molecule has 158 valence electrons. The Kier molecular flexibility index (Phi) is 8.58. The van der Waals surface area contributed by atoms with Crippen LogP contribution in [0.2, 0.25) is 0 Å². The topological polar surface area (TPSA) is 46.1 Å². The molecule has 1 aromatic rings. The number of likely N-dealkylation sites (tertiary alicyclic amines) is 1. The number of aliphatic imine (C=N–C) groups is 1. The van der Waals surface area contributed by atoms with Crippen molar-refractivity contribution in [1.29, 1.82) is 0 Å². The summed E-state index contributed by atoms with van der Waals surface area (Å²) in [5, 5.41) is 9.25. The Morgan fingerprint density at radius 1 is 1.11 bits per heavy atom. The summed E-state index contributed by atoms with van der Waals surface area (Å²) in [6.45, 7) is 14.1. The molecule has 2 aliphatic heterocycles. The lowest BCUT2D eigenvalue weighted by molar-refractivity contribution is 0.122. The smallest absolute Gasteiger partial charge is 0.191 e. The monoisotopic (exact) mass is 406 g/mol. The number of nitrogens with zero attached hydrogens (tertiary/aromatic N) is 4. The molecule has 0 aliphatic carbocycles. The van der Waals surface area contributed by atoms with Crippen molar-refractivity contribution >= 4 is 17.3 Å². The van der Waals surface area contributed by atoms with Gasteiger partial charge in [-0.2, -0.15) is 0 Å². The highest BCUT2D eigenvalue weighted by molar-refractivity contribution is 7.10. The van der Waals surface area contributed by atoms with Crippen LogP contribution in [0.5, 0.6) is 0 Å². The van der Waals surface area contributed by atoms with Gasteiger partial charge in [0.2, 0.25) is 0 Å². The van der Waals surface area contributed by atoms with E-state index in [1.807, 2.05) is 11.3 Å². The van der Waals surface area contributed by atoms with Crippen molar-refractivity contribution in [3.8, 4) is 0 Å². The van der Waals surface area contributed by atoms with Gasteiger partial charge in [0.1, 0.15) is 0 Å². The number of likely N-dealkylation sites (N-methyl/N-ethyl adjacent to an activating group) is 1. The van der Waals surface area contributed by atoms with Crippen LogP contribution in [0.1, 0.15) is 37.6 Å². The Hall–Kier alpha value is -1.15. The molecule has 6 nitrogen and oxygen atoms in total. The van der Waals surface area contributed by atoms with Crippen molar-refractivity contribution < 1.29 is 0 Å². The van der Waals surface area contributed by atoms with E-state index in [0.717, 1.165) is 51.8 Å². The highest BCUT2D eigenvalue weighted by Crippen LogP contribution is 2.27. The van der Waals surface area contributed by atoms with Crippen LogP contribution in [0.25, 0.3) is 0 Å². The van der Waals surface area contributed by atoms with Crippen molar-refractivity contribution in [2.45, 2.75) is 38.8 Å². The maximum Gasteiger partial charge on any atom is 0.191 e. The maximum atomic E-state index is 4.91. The van der Waals surface area contributed by atoms with E-state index in [2.05, 4.69) is 63.7 Å². The van der Waals surface area contributed by atoms with Gasteiger partial charge in [-0.25, -0.2) is 0 Å². The van der Waals surface area contributed by atoms with E-state index in [1.165, 1.54) is 30.8 Å². The van der Waals surface area contributed by atoms with E-state index < -0.39 is 0 Å². The summed E-state index contributed by atoms with van der Waals surface area (Å²) in [5.74, 6) is 0.948. The fourth-order valence-electron chi connectivity index (χ4n) is 4.08. The van der Waals surface area contributed by atoms with E-state index in [0.29, 0.717) is 12.1 Å². The van der Waals surface area contributed by atoms with Gasteiger partial charge in [0.15, 0.2) is 5.96 Å². The average Bonchev–Trinajstić information content (AvgIpc) is 3.41. The molecule has 7 heteroatoms. The molecule has 2 atom stereocenters. The second-order valence-electron chi connectivity index (χ2n) is 8.06. The van der Waals surface area contributed by atoms with Gasteiger partial charge in [0.05, 0.1) is 12.6 Å². The first-order valence-electron chi connectivity index (χ1n) is 10.9. The van der Waals surface area contributed by atoms with E-state index >= 15 is 0 Å². The zero-order valence-corrected chi connectivity index (χ0v) is 18.7. The molecule has 2 unspecified atom stereocenters. The first kappa shape index (κ1) is 21.6. The third kappa shape index (κ3) is 6.17. The molecule has 2 fully saturated rings. The van der Waals surface area contributed by atoms with Crippen molar-refractivity contribution in [2.24, 2.45) is 4.99 Å². The normalized spacial score (nSPS) is 22.3. The third-order valence-electron chi connectivity index (χ3n) is 5.93. The minimum absolute atomic E-state index is 0.446. The van der Waals surface area contributed by atoms with E-state index in [9.17, 15) is 0 Å². The summed E-state index contributed by atoms with van der Waals surface area (Å²) in [6, 6.07) is 5.37. The van der Waals surface area contributed by atoms with Gasteiger partial charge in [-0.3, -0.25) is 14.8 Å². The Labute approximate surface area is 175 Å². The highest BCUT2D eigenvalue weighted by Gasteiger charge is 2.24. The number of hydrogen-bond acceptors (Lipinski definition) is 5. The van der Waals surface area contributed by atoms with Crippen molar-refractivity contribution in [1.82, 2.24) is 25.3 Å². The van der Waals surface area contributed by atoms with Crippen LogP contribution in [0.3, 0.4) is 0 Å². The quantitative estimate of drug-likeness (QED) is 0.511. The van der Waals surface area contributed by atoms with Gasteiger partial charge >= 0.3 is 0 Å². The number of rotatable bonds is 8. The fourth-order valence-corrected chi connectivity index (χ4v) is 4.94. The van der Waals surface area contributed by atoms with Gasteiger partial charge in [0.25, 0.3) is 0 Å². The molecule has 2 aliphatic rings. The summed E-state index contributed by atoms with van der Waals surface area (Å²) < 4.78 is 0. The minimum atomic E-state index is 0.446. The summed E-state index contributed by atoms with van der Waals surface area (Å²) in [6.07, 6.45) is 2.64. The molecule has 1 aromatic heterocycles. The predicted molar refractivity (Wildman–Crippen MR) is 120 cm³/mol. The lowest BCUT2D eigenvalue weighted by atomic mass is 10.2. The molecule has 2 saturated heterocycles. The molecule has 3 rings (SSSR count). The van der Waals surface area contributed by atoms with Crippen LogP contribution < -0.4 is 10.6 Å². The number of hydrogen-bond donors (Lipinski definition) is 2. The molecular formula is C21H38N6S. The molecule has 3 heterocycles. The molecule has 28 heavy (non-hydrogen) atoms. The average molecular weight is 407 g/mol. The van der Waals surface area contributed by atoms with Crippen molar-refractivity contribution in [3.63, 3.8) is 0 Å². The van der Waals surface area contributed by atoms with Gasteiger partial charge < -0.3 is 15.5 Å². The summed E-state index contributed by atoms with van der Waals surface area (Å²) >= 11 is 1.87. The number of nitrogens with one attached hydrogen (secondary N) is 2. The summed E-state index contributed by atoms with van der Waals surface area (Å²) in [5.41, 5.74) is 0. The highest BCUT2D eigenvalue weighted by atomic mass is 32.1. The van der Waals surface area contributed by atoms with Gasteiger partial charge in [-0.05, 0) is 58.3 Å². The second kappa shape index (κ2) is 11.1. The van der Waals surface area contributed by atoms with Gasteiger partial charge in [-0.15, -0.1) is 11.3 Å². The Bertz CT molecular complexity index is 576. The van der Waals surface area contributed by atoms with Crippen LogP contribution in [-0.2, 0) is 0 Å². The fraction of sp³-hybridized carbons (Fsp3) is 0.762. The maximum absolute atomic E-state index is 4.91. The number of guanidine groups is 1. The zero-order valence-electron chi connectivity index (χ0n) is 17.9. The van der Waals surface area contributed by atoms with E-state index in [-0.39, 0.29) is 0 Å². The molecule has 0 spiro atoms. The van der Waals surface area contributed by atoms with Crippen molar-refractivity contribution in [3.05, 3.63) is 22.4 Å². The first-order chi connectivity index (χ1) is 13.7. The number of thiophene rings is 1. The molecule has 2 N–H and O–H groups in total. The molecule has 0 radical (unpaired) electrons. The summed E-state index contributed by atoms with van der Waals surface area (Å²) in [4.78, 5) is 14.0. The molecule has 0 amide bonds.